The second-order valence-corrected chi connectivity index (χ2v) is 6.01. The number of carbonyl (C=O) groups excluding carboxylic acids is 1. The first kappa shape index (κ1) is 20.7. The van der Waals surface area contributed by atoms with Gasteiger partial charge in [0.15, 0.2) is 5.96 Å². The van der Waals surface area contributed by atoms with Crippen molar-refractivity contribution in [2.75, 3.05) is 13.6 Å². The maximum absolute atomic E-state index is 12.0. The van der Waals surface area contributed by atoms with Crippen LogP contribution in [0.25, 0.3) is 0 Å². The van der Waals surface area contributed by atoms with Crippen molar-refractivity contribution in [3.05, 3.63) is 35.4 Å². The average Bonchev–Trinajstić information content (AvgIpc) is 3.09. The van der Waals surface area contributed by atoms with Crippen LogP contribution in [-0.2, 0) is 6.54 Å². The number of hydrogen-bond donors (Lipinski definition) is 3. The van der Waals surface area contributed by atoms with Crippen molar-refractivity contribution < 1.29 is 4.79 Å². The maximum Gasteiger partial charge on any atom is 0.251 e. The lowest BCUT2D eigenvalue weighted by Crippen LogP contribution is -2.41. The first-order chi connectivity index (χ1) is 11.2. The molecule has 0 atom stereocenters. The molecule has 1 aromatic rings. The number of nitrogens with zero attached hydrogens (tertiary/aromatic N) is 1. The Bertz CT molecular complexity index is 542. The van der Waals surface area contributed by atoms with Crippen molar-refractivity contribution in [3.63, 3.8) is 0 Å². The molecule has 24 heavy (non-hydrogen) atoms. The summed E-state index contributed by atoms with van der Waals surface area (Å²) in [5.41, 5.74) is 1.78. The van der Waals surface area contributed by atoms with E-state index in [-0.39, 0.29) is 29.9 Å². The van der Waals surface area contributed by atoms with Gasteiger partial charge < -0.3 is 16.0 Å². The summed E-state index contributed by atoms with van der Waals surface area (Å²) < 4.78 is 0. The minimum Gasteiger partial charge on any atom is -0.354 e. The molecular weight excluding hydrogens is 415 g/mol. The molecule has 1 amide bonds. The number of guanidine groups is 1. The Hall–Kier alpha value is -1.31. The fourth-order valence-corrected chi connectivity index (χ4v) is 2.81. The molecule has 0 heterocycles. The molecule has 2 rings (SSSR count). The molecule has 1 aromatic carbocycles. The molecule has 0 aliphatic heterocycles. The van der Waals surface area contributed by atoms with Crippen LogP contribution in [-0.4, -0.2) is 31.5 Å². The largest absolute Gasteiger partial charge is 0.354 e. The van der Waals surface area contributed by atoms with Crippen LogP contribution in [0.5, 0.6) is 0 Å². The van der Waals surface area contributed by atoms with E-state index in [0.717, 1.165) is 17.9 Å². The van der Waals surface area contributed by atoms with Crippen LogP contribution in [0.4, 0.5) is 0 Å². The Kier molecular flexibility index (Phi) is 9.75. The van der Waals surface area contributed by atoms with Crippen LogP contribution >= 0.6 is 24.0 Å². The van der Waals surface area contributed by atoms with Crippen molar-refractivity contribution in [1.29, 1.82) is 0 Å². The average molecular weight is 444 g/mol. The summed E-state index contributed by atoms with van der Waals surface area (Å²) in [6, 6.07) is 8.26. The molecule has 6 heteroatoms. The Morgan fingerprint density at radius 1 is 1.25 bits per heavy atom. The van der Waals surface area contributed by atoms with Gasteiger partial charge in [0, 0.05) is 31.7 Å². The van der Waals surface area contributed by atoms with E-state index < -0.39 is 0 Å². The summed E-state index contributed by atoms with van der Waals surface area (Å²) in [7, 11) is 1.79. The normalized spacial score (nSPS) is 14.8. The smallest absolute Gasteiger partial charge is 0.251 e. The van der Waals surface area contributed by atoms with Crippen LogP contribution in [0.2, 0.25) is 0 Å². The van der Waals surface area contributed by atoms with Gasteiger partial charge in [-0.05, 0) is 37.0 Å². The van der Waals surface area contributed by atoms with Gasteiger partial charge >= 0.3 is 0 Å². The van der Waals surface area contributed by atoms with Gasteiger partial charge in [-0.2, -0.15) is 0 Å². The number of aliphatic imine (C=N–C) groups is 1. The predicted octanol–water partition coefficient (Wildman–Crippen LogP) is 3.05. The highest BCUT2D eigenvalue weighted by Crippen LogP contribution is 2.17. The minimum atomic E-state index is -0.0119. The predicted molar refractivity (Wildman–Crippen MR) is 110 cm³/mol. The van der Waals surface area contributed by atoms with E-state index in [9.17, 15) is 4.79 Å². The summed E-state index contributed by atoms with van der Waals surface area (Å²) in [6.45, 7) is 3.41. The SMILES string of the molecule is CCCNC(=O)c1cccc(CNC(=NC)NC2CCCC2)c1.I. The van der Waals surface area contributed by atoms with E-state index in [2.05, 4.69) is 20.9 Å². The highest BCUT2D eigenvalue weighted by Gasteiger charge is 2.15. The molecule has 0 bridgehead atoms. The van der Waals surface area contributed by atoms with E-state index in [1.807, 2.05) is 31.2 Å². The zero-order valence-electron chi connectivity index (χ0n) is 14.6. The quantitative estimate of drug-likeness (QED) is 0.359. The third-order valence-electron chi connectivity index (χ3n) is 4.10. The number of rotatable bonds is 6. The Labute approximate surface area is 162 Å². The van der Waals surface area contributed by atoms with Crippen molar-refractivity contribution in [2.45, 2.75) is 51.6 Å². The monoisotopic (exact) mass is 444 g/mol. The Balaban J connectivity index is 0.00000288. The lowest BCUT2D eigenvalue weighted by Gasteiger charge is -2.17. The van der Waals surface area contributed by atoms with Crippen LogP contribution in [0.1, 0.15) is 54.9 Å². The summed E-state index contributed by atoms with van der Waals surface area (Å²) in [5, 5.41) is 9.69. The van der Waals surface area contributed by atoms with Crippen molar-refractivity contribution in [3.8, 4) is 0 Å². The van der Waals surface area contributed by atoms with Crippen molar-refractivity contribution in [1.82, 2.24) is 16.0 Å². The minimum absolute atomic E-state index is 0. The van der Waals surface area contributed by atoms with Crippen LogP contribution < -0.4 is 16.0 Å². The summed E-state index contributed by atoms with van der Waals surface area (Å²) in [5.74, 6) is 0.819. The van der Waals surface area contributed by atoms with Crippen LogP contribution in [0, 0.1) is 0 Å². The second kappa shape index (κ2) is 11.3. The molecule has 1 aliphatic rings. The third-order valence-corrected chi connectivity index (χ3v) is 4.10. The maximum atomic E-state index is 12.0. The molecule has 1 saturated carbocycles. The van der Waals surface area contributed by atoms with E-state index >= 15 is 0 Å². The van der Waals surface area contributed by atoms with Gasteiger partial charge in [-0.15, -0.1) is 24.0 Å². The first-order valence-electron chi connectivity index (χ1n) is 8.57. The zero-order chi connectivity index (χ0) is 16.5. The number of halogens is 1. The number of benzene rings is 1. The molecule has 134 valence electrons. The lowest BCUT2D eigenvalue weighted by molar-refractivity contribution is 0.0953. The number of hydrogen-bond acceptors (Lipinski definition) is 2. The molecule has 1 fully saturated rings. The molecule has 0 unspecified atom stereocenters. The van der Waals surface area contributed by atoms with Gasteiger partial charge in [-0.25, -0.2) is 0 Å². The van der Waals surface area contributed by atoms with Gasteiger partial charge in [0.05, 0.1) is 0 Å². The van der Waals surface area contributed by atoms with Gasteiger partial charge in [0.1, 0.15) is 0 Å². The number of amides is 1. The van der Waals surface area contributed by atoms with E-state index in [1.54, 1.807) is 7.05 Å². The van der Waals surface area contributed by atoms with Gasteiger partial charge in [-0.1, -0.05) is 31.9 Å². The Morgan fingerprint density at radius 3 is 2.67 bits per heavy atom. The fraction of sp³-hybridized carbons (Fsp3) is 0.556. The van der Waals surface area contributed by atoms with Crippen molar-refractivity contribution in [2.24, 2.45) is 4.99 Å². The summed E-state index contributed by atoms with van der Waals surface area (Å²) in [4.78, 5) is 16.3. The molecule has 1 aliphatic carbocycles. The zero-order valence-corrected chi connectivity index (χ0v) is 16.9. The molecule has 3 N–H and O–H groups in total. The molecular formula is C18H29IN4O. The second-order valence-electron chi connectivity index (χ2n) is 6.01. The third kappa shape index (κ3) is 6.67. The summed E-state index contributed by atoms with van der Waals surface area (Å²) >= 11 is 0. The van der Waals surface area contributed by atoms with Crippen molar-refractivity contribution >= 4 is 35.8 Å². The first-order valence-corrected chi connectivity index (χ1v) is 8.57. The van der Waals surface area contributed by atoms with Gasteiger partial charge in [0.2, 0.25) is 0 Å². The van der Waals surface area contributed by atoms with Gasteiger partial charge in [-0.3, -0.25) is 9.79 Å². The fourth-order valence-electron chi connectivity index (χ4n) is 2.81. The highest BCUT2D eigenvalue weighted by atomic mass is 127. The van der Waals surface area contributed by atoms with E-state index in [0.29, 0.717) is 24.7 Å². The summed E-state index contributed by atoms with van der Waals surface area (Å²) in [6.07, 6.45) is 5.96. The molecule has 5 nitrogen and oxygen atoms in total. The van der Waals surface area contributed by atoms with E-state index in [1.165, 1.54) is 25.7 Å². The molecule has 0 aromatic heterocycles. The van der Waals surface area contributed by atoms with E-state index in [4.69, 9.17) is 0 Å². The standard InChI is InChI=1S/C18H28N4O.HI/c1-3-11-20-17(23)15-8-6-7-14(12-15)13-21-18(19-2)22-16-9-4-5-10-16;/h6-8,12,16H,3-5,9-11,13H2,1-2H3,(H,20,23)(H2,19,21,22);1H. The topological polar surface area (TPSA) is 65.5 Å². The van der Waals surface area contributed by atoms with Gasteiger partial charge in [0.25, 0.3) is 5.91 Å². The highest BCUT2D eigenvalue weighted by molar-refractivity contribution is 14.0. The Morgan fingerprint density at radius 2 is 2.00 bits per heavy atom. The molecule has 0 radical (unpaired) electrons. The number of carbonyl (C=O) groups is 1. The molecule has 0 saturated heterocycles. The van der Waals surface area contributed by atoms with Crippen LogP contribution in [0.3, 0.4) is 0 Å². The molecule has 0 spiro atoms. The lowest BCUT2D eigenvalue weighted by atomic mass is 10.1. The van der Waals surface area contributed by atoms with Crippen LogP contribution in [0.15, 0.2) is 29.3 Å². The number of nitrogens with one attached hydrogen (secondary N) is 3.